The first-order valence-electron chi connectivity index (χ1n) is 13.3. The van der Waals surface area contributed by atoms with Crippen molar-refractivity contribution in [2.75, 3.05) is 41.7 Å². The Labute approximate surface area is 230 Å². The first kappa shape index (κ1) is 27.5. The summed E-state index contributed by atoms with van der Waals surface area (Å²) in [5.74, 6) is -0.170. The van der Waals surface area contributed by atoms with E-state index in [1.807, 2.05) is 32.9 Å². The molecule has 40 heavy (non-hydrogen) atoms. The zero-order valence-corrected chi connectivity index (χ0v) is 22.6. The molecule has 2 fully saturated rings. The first-order chi connectivity index (χ1) is 18.9. The van der Waals surface area contributed by atoms with E-state index in [-0.39, 0.29) is 34.6 Å². The number of amides is 2. The number of hydrogen-bond acceptors (Lipinski definition) is 6. The summed E-state index contributed by atoms with van der Waals surface area (Å²) in [5.41, 5.74) is 0.638. The van der Waals surface area contributed by atoms with Gasteiger partial charge in [-0.25, -0.2) is 9.78 Å². The predicted molar refractivity (Wildman–Crippen MR) is 148 cm³/mol. The fourth-order valence-electron chi connectivity index (χ4n) is 4.57. The van der Waals surface area contributed by atoms with Gasteiger partial charge in [-0.3, -0.25) is 4.79 Å². The molecule has 0 radical (unpaired) electrons. The summed E-state index contributed by atoms with van der Waals surface area (Å²) in [4.78, 5) is 32.6. The predicted octanol–water partition coefficient (Wildman–Crippen LogP) is 6.40. The number of alkyl halides is 3. The molecule has 2 heterocycles. The van der Waals surface area contributed by atoms with E-state index < -0.39 is 17.3 Å². The highest BCUT2D eigenvalue weighted by molar-refractivity contribution is 5.97. The molecule has 0 bridgehead atoms. The molecule has 1 aliphatic carbocycles. The first-order valence-corrected chi connectivity index (χ1v) is 13.3. The fourth-order valence-corrected chi connectivity index (χ4v) is 4.57. The number of anilines is 4. The quantitative estimate of drug-likeness (QED) is 0.379. The van der Waals surface area contributed by atoms with Crippen molar-refractivity contribution < 1.29 is 27.5 Å². The van der Waals surface area contributed by atoms with E-state index in [1.54, 1.807) is 23.1 Å². The zero-order chi connectivity index (χ0) is 28.7. The molecule has 0 spiro atoms. The second-order valence-corrected chi connectivity index (χ2v) is 11.2. The molecule has 8 nitrogen and oxygen atoms in total. The number of fused-ring (bicyclic) bond motifs is 1. The van der Waals surface area contributed by atoms with Crippen molar-refractivity contribution >= 4 is 45.8 Å². The van der Waals surface area contributed by atoms with Crippen molar-refractivity contribution in [3.05, 3.63) is 54.1 Å². The Morgan fingerprint density at radius 2 is 1.57 bits per heavy atom. The van der Waals surface area contributed by atoms with Crippen LogP contribution in [0.4, 0.5) is 40.8 Å². The highest BCUT2D eigenvalue weighted by Crippen LogP contribution is 2.38. The van der Waals surface area contributed by atoms with E-state index in [2.05, 4.69) is 20.5 Å². The van der Waals surface area contributed by atoms with Gasteiger partial charge in [-0.15, -0.1) is 0 Å². The van der Waals surface area contributed by atoms with Crippen LogP contribution < -0.4 is 15.5 Å². The number of hydrogen-bond donors (Lipinski definition) is 2. The minimum Gasteiger partial charge on any atom is -0.444 e. The maximum atomic E-state index is 14.0. The Hall–Kier alpha value is -4.02. The molecule has 0 unspecified atom stereocenters. The average molecular weight is 556 g/mol. The average Bonchev–Trinajstić information content (AvgIpc) is 3.73. The van der Waals surface area contributed by atoms with Crippen molar-refractivity contribution in [2.45, 2.75) is 45.4 Å². The molecule has 2 aromatic carbocycles. The summed E-state index contributed by atoms with van der Waals surface area (Å²) in [6, 6.07) is 12.7. The highest BCUT2D eigenvalue weighted by Gasteiger charge is 2.34. The number of carbonyl (C=O) groups excluding carboxylic acids is 2. The van der Waals surface area contributed by atoms with Gasteiger partial charge in [0.2, 0.25) is 5.91 Å². The van der Waals surface area contributed by atoms with E-state index >= 15 is 0 Å². The molecule has 0 atom stereocenters. The number of piperazine rings is 1. The molecular weight excluding hydrogens is 523 g/mol. The van der Waals surface area contributed by atoms with Gasteiger partial charge >= 0.3 is 12.3 Å². The van der Waals surface area contributed by atoms with Gasteiger partial charge in [-0.05, 0) is 82.1 Å². The topological polar surface area (TPSA) is 86.8 Å². The van der Waals surface area contributed by atoms with E-state index in [4.69, 9.17) is 4.74 Å². The SMILES string of the molecule is CC(C)(C)OC(=O)N1CCN(c2ccc(Nc3cc(C(F)(F)F)c4cc(NC(=O)C5CC5)ccc4n3)cc2)CC1. The number of nitrogens with one attached hydrogen (secondary N) is 2. The second kappa shape index (κ2) is 10.5. The molecule has 2 amide bonds. The molecule has 2 N–H and O–H groups in total. The minimum atomic E-state index is -4.61. The third-order valence-corrected chi connectivity index (χ3v) is 6.77. The number of rotatable bonds is 5. The molecular formula is C29H32F3N5O3. The van der Waals surface area contributed by atoms with E-state index in [9.17, 15) is 22.8 Å². The van der Waals surface area contributed by atoms with Gasteiger partial charge in [0.25, 0.3) is 0 Å². The van der Waals surface area contributed by atoms with E-state index in [0.717, 1.165) is 24.6 Å². The van der Waals surface area contributed by atoms with Gasteiger partial charge in [-0.1, -0.05) is 0 Å². The number of aromatic nitrogens is 1. The van der Waals surface area contributed by atoms with Gasteiger partial charge in [0.15, 0.2) is 0 Å². The summed E-state index contributed by atoms with van der Waals surface area (Å²) in [5, 5.41) is 5.61. The van der Waals surface area contributed by atoms with Gasteiger partial charge < -0.3 is 25.2 Å². The Kier molecular flexibility index (Phi) is 7.24. The smallest absolute Gasteiger partial charge is 0.417 e. The number of nitrogens with zero attached hydrogens (tertiary/aromatic N) is 3. The van der Waals surface area contributed by atoms with Crippen molar-refractivity contribution in [1.29, 1.82) is 0 Å². The van der Waals surface area contributed by atoms with E-state index in [1.165, 1.54) is 12.1 Å². The lowest BCUT2D eigenvalue weighted by Gasteiger charge is -2.36. The normalized spacial score (nSPS) is 16.1. The van der Waals surface area contributed by atoms with Crippen LogP contribution in [0.3, 0.4) is 0 Å². The Balaban J connectivity index is 1.28. The summed E-state index contributed by atoms with van der Waals surface area (Å²) < 4.78 is 47.5. The number of pyridine rings is 1. The van der Waals surface area contributed by atoms with Gasteiger partial charge in [-0.2, -0.15) is 13.2 Å². The van der Waals surface area contributed by atoms with Crippen LogP contribution in [0, 0.1) is 5.92 Å². The van der Waals surface area contributed by atoms with Crippen LogP contribution in [-0.2, 0) is 15.7 Å². The number of ether oxygens (including phenoxy) is 1. The maximum absolute atomic E-state index is 14.0. The maximum Gasteiger partial charge on any atom is 0.417 e. The molecule has 1 saturated carbocycles. The minimum absolute atomic E-state index is 0.0595. The molecule has 1 saturated heterocycles. The molecule has 11 heteroatoms. The Morgan fingerprint density at radius 3 is 2.17 bits per heavy atom. The lowest BCUT2D eigenvalue weighted by molar-refractivity contribution is -0.136. The lowest BCUT2D eigenvalue weighted by atomic mass is 10.1. The van der Waals surface area contributed by atoms with Crippen LogP contribution in [0.2, 0.25) is 0 Å². The van der Waals surface area contributed by atoms with Crippen LogP contribution in [0.1, 0.15) is 39.2 Å². The van der Waals surface area contributed by atoms with Gasteiger partial charge in [0.05, 0.1) is 11.1 Å². The van der Waals surface area contributed by atoms with Crippen LogP contribution in [-0.4, -0.2) is 53.7 Å². The third kappa shape index (κ3) is 6.57. The summed E-state index contributed by atoms with van der Waals surface area (Å²) in [6.45, 7) is 7.83. The van der Waals surface area contributed by atoms with Crippen molar-refractivity contribution in [2.24, 2.45) is 5.92 Å². The molecule has 3 aromatic rings. The van der Waals surface area contributed by atoms with Crippen molar-refractivity contribution in [3.63, 3.8) is 0 Å². The Bertz CT molecular complexity index is 1410. The van der Waals surface area contributed by atoms with Crippen molar-refractivity contribution in [3.8, 4) is 0 Å². The highest BCUT2D eigenvalue weighted by atomic mass is 19.4. The third-order valence-electron chi connectivity index (χ3n) is 6.77. The Morgan fingerprint density at radius 1 is 0.925 bits per heavy atom. The largest absolute Gasteiger partial charge is 0.444 e. The number of carbonyl (C=O) groups is 2. The zero-order valence-electron chi connectivity index (χ0n) is 22.6. The summed E-state index contributed by atoms with van der Waals surface area (Å²) in [7, 11) is 0. The number of halogens is 3. The van der Waals surface area contributed by atoms with Gasteiger partial charge in [0.1, 0.15) is 11.4 Å². The molecule has 1 aliphatic heterocycles. The summed E-state index contributed by atoms with van der Waals surface area (Å²) in [6.07, 6.45) is -3.33. The van der Waals surface area contributed by atoms with Crippen LogP contribution in [0.5, 0.6) is 0 Å². The number of benzene rings is 2. The van der Waals surface area contributed by atoms with Crippen LogP contribution in [0.15, 0.2) is 48.5 Å². The van der Waals surface area contributed by atoms with Crippen LogP contribution >= 0.6 is 0 Å². The monoisotopic (exact) mass is 555 g/mol. The van der Waals surface area contributed by atoms with Crippen molar-refractivity contribution in [1.82, 2.24) is 9.88 Å². The fraction of sp³-hybridized carbons (Fsp3) is 0.414. The second-order valence-electron chi connectivity index (χ2n) is 11.2. The lowest BCUT2D eigenvalue weighted by Crippen LogP contribution is -2.50. The van der Waals surface area contributed by atoms with Crippen LogP contribution in [0.25, 0.3) is 10.9 Å². The molecule has 1 aromatic heterocycles. The molecule has 212 valence electrons. The standard InChI is InChI=1S/C29H32F3N5O3/c1-28(2,3)40-27(39)37-14-12-36(13-15-37)21-9-6-19(7-10-21)33-25-17-23(29(30,31)32)22-16-20(8-11-24(22)35-25)34-26(38)18-4-5-18/h6-11,16-18H,4-5,12-15H2,1-3H3,(H,33,35)(H,34,38). The van der Waals surface area contributed by atoms with Gasteiger partial charge in [0, 0.05) is 54.5 Å². The van der Waals surface area contributed by atoms with E-state index in [0.29, 0.717) is 37.6 Å². The molecule has 5 rings (SSSR count). The molecule has 2 aliphatic rings. The summed E-state index contributed by atoms with van der Waals surface area (Å²) >= 11 is 0.